The molecule has 0 saturated heterocycles. The van der Waals surface area contributed by atoms with Crippen LogP contribution in [0.1, 0.15) is 39.0 Å². The summed E-state index contributed by atoms with van der Waals surface area (Å²) in [5.74, 6) is 0.191. The molecule has 3 unspecified atom stereocenters. The minimum atomic E-state index is 0.189. The average Bonchev–Trinajstić information content (AvgIpc) is 2.70. The van der Waals surface area contributed by atoms with Crippen LogP contribution in [-0.2, 0) is 4.79 Å². The molecule has 122 valence electrons. The summed E-state index contributed by atoms with van der Waals surface area (Å²) in [4.78, 5) is 16.9. The molecule has 0 radical (unpaired) electrons. The number of benzene rings is 1. The zero-order chi connectivity index (χ0) is 16.1. The Labute approximate surface area is 139 Å². The second-order valence-corrected chi connectivity index (χ2v) is 6.93. The van der Waals surface area contributed by atoms with Crippen molar-refractivity contribution in [1.82, 2.24) is 4.90 Å². The summed E-state index contributed by atoms with van der Waals surface area (Å²) < 4.78 is 0. The second kappa shape index (κ2) is 7.98. The van der Waals surface area contributed by atoms with Crippen LogP contribution >= 0.6 is 11.6 Å². The summed E-state index contributed by atoms with van der Waals surface area (Å²) in [6.45, 7) is 1.93. The third-order valence-electron chi connectivity index (χ3n) is 4.56. The van der Waals surface area contributed by atoms with Crippen molar-refractivity contribution in [2.45, 2.75) is 56.5 Å². The zero-order valence-corrected chi connectivity index (χ0v) is 14.6. The van der Waals surface area contributed by atoms with E-state index in [1.165, 1.54) is 0 Å². The number of anilines is 1. The molecule has 2 rings (SSSR count). The van der Waals surface area contributed by atoms with E-state index < -0.39 is 0 Å². The van der Waals surface area contributed by atoms with Gasteiger partial charge in [0.25, 0.3) is 0 Å². The lowest BCUT2D eigenvalue weighted by molar-refractivity contribution is -0.119. The molecule has 4 heteroatoms. The first-order valence-corrected chi connectivity index (χ1v) is 8.65. The summed E-state index contributed by atoms with van der Waals surface area (Å²) >= 11 is 6.46. The molecule has 0 N–H and O–H groups in total. The van der Waals surface area contributed by atoms with Crippen molar-refractivity contribution in [3.05, 3.63) is 30.3 Å². The normalized spacial score (nSPS) is 25.8. The molecule has 22 heavy (non-hydrogen) atoms. The molecular weight excluding hydrogens is 296 g/mol. The number of rotatable bonds is 4. The van der Waals surface area contributed by atoms with Gasteiger partial charge in [-0.2, -0.15) is 0 Å². The number of halogens is 1. The highest BCUT2D eigenvalue weighted by molar-refractivity contribution is 6.20. The molecule has 3 nitrogen and oxygen atoms in total. The van der Waals surface area contributed by atoms with Gasteiger partial charge in [0.15, 0.2) is 0 Å². The first kappa shape index (κ1) is 17.3. The Bertz CT molecular complexity index is 477. The van der Waals surface area contributed by atoms with Gasteiger partial charge in [-0.25, -0.2) is 0 Å². The molecule has 1 aliphatic rings. The van der Waals surface area contributed by atoms with Crippen LogP contribution in [0.15, 0.2) is 30.3 Å². The van der Waals surface area contributed by atoms with E-state index in [-0.39, 0.29) is 17.3 Å². The minimum absolute atomic E-state index is 0.189. The molecule has 0 aliphatic heterocycles. The third-order valence-corrected chi connectivity index (χ3v) is 4.96. The number of carbonyl (C=O) groups is 1. The average molecular weight is 323 g/mol. The van der Waals surface area contributed by atoms with E-state index in [2.05, 4.69) is 19.0 Å². The van der Waals surface area contributed by atoms with Gasteiger partial charge in [0.05, 0.1) is 6.04 Å². The zero-order valence-electron chi connectivity index (χ0n) is 13.8. The fourth-order valence-electron chi connectivity index (χ4n) is 3.41. The van der Waals surface area contributed by atoms with E-state index in [9.17, 15) is 4.79 Å². The number of para-hydroxylation sites is 1. The molecular formula is C18H27ClN2O. The fourth-order valence-corrected chi connectivity index (χ4v) is 3.75. The molecule has 0 spiro atoms. The molecule has 1 amide bonds. The largest absolute Gasteiger partial charge is 0.308 e. The number of nitrogens with zero attached hydrogens (tertiary/aromatic N) is 2. The Morgan fingerprint density at radius 3 is 2.45 bits per heavy atom. The van der Waals surface area contributed by atoms with Crippen LogP contribution in [0.3, 0.4) is 0 Å². The highest BCUT2D eigenvalue weighted by Gasteiger charge is 2.35. The molecule has 1 fully saturated rings. The van der Waals surface area contributed by atoms with Crippen molar-refractivity contribution in [1.29, 1.82) is 0 Å². The second-order valence-electron chi connectivity index (χ2n) is 6.32. The van der Waals surface area contributed by atoms with E-state index in [1.807, 2.05) is 42.2 Å². The van der Waals surface area contributed by atoms with Gasteiger partial charge >= 0.3 is 0 Å². The number of carbonyl (C=O) groups excluding carboxylic acids is 1. The summed E-state index contributed by atoms with van der Waals surface area (Å²) in [7, 11) is 4.18. The van der Waals surface area contributed by atoms with Gasteiger partial charge in [-0.05, 0) is 51.9 Å². The van der Waals surface area contributed by atoms with Crippen LogP contribution in [0, 0.1) is 0 Å². The Morgan fingerprint density at radius 2 is 1.86 bits per heavy atom. The van der Waals surface area contributed by atoms with E-state index in [0.29, 0.717) is 12.5 Å². The first-order valence-electron chi connectivity index (χ1n) is 8.22. The Kier molecular flexibility index (Phi) is 6.27. The summed E-state index contributed by atoms with van der Waals surface area (Å²) in [6, 6.07) is 10.5. The number of alkyl halides is 1. The van der Waals surface area contributed by atoms with Crippen molar-refractivity contribution < 1.29 is 4.79 Å². The molecule has 0 bridgehead atoms. The van der Waals surface area contributed by atoms with Crippen LogP contribution in [0.5, 0.6) is 0 Å². The molecule has 0 heterocycles. The van der Waals surface area contributed by atoms with Crippen molar-refractivity contribution in [3.8, 4) is 0 Å². The standard InChI is InChI=1S/C18H27ClN2O/c1-4-18(22)21(15-10-6-5-7-11-15)16-12-8-9-14(19)13-17(16)20(2)3/h5-7,10-11,14,16-17H,4,8-9,12-13H2,1-3H3. The van der Waals surface area contributed by atoms with E-state index in [0.717, 1.165) is 31.4 Å². The summed E-state index contributed by atoms with van der Waals surface area (Å²) in [6.07, 6.45) is 4.57. The highest BCUT2D eigenvalue weighted by Crippen LogP contribution is 2.31. The van der Waals surface area contributed by atoms with E-state index >= 15 is 0 Å². The lowest BCUT2D eigenvalue weighted by Gasteiger charge is -2.39. The lowest BCUT2D eigenvalue weighted by atomic mass is 9.98. The Balaban J connectivity index is 2.37. The summed E-state index contributed by atoms with van der Waals surface area (Å²) in [5.41, 5.74) is 0.999. The first-order chi connectivity index (χ1) is 10.5. The Morgan fingerprint density at radius 1 is 1.18 bits per heavy atom. The third kappa shape index (κ3) is 4.02. The van der Waals surface area contributed by atoms with Gasteiger partial charge in [0.1, 0.15) is 0 Å². The molecule has 1 aromatic carbocycles. The van der Waals surface area contributed by atoms with Gasteiger partial charge < -0.3 is 9.80 Å². The van der Waals surface area contributed by atoms with Gasteiger partial charge in [0.2, 0.25) is 5.91 Å². The SMILES string of the molecule is CCC(=O)N(c1ccccc1)C1CCCC(Cl)CC1N(C)C. The smallest absolute Gasteiger partial charge is 0.227 e. The van der Waals surface area contributed by atoms with Crippen LogP contribution < -0.4 is 4.90 Å². The monoisotopic (exact) mass is 322 g/mol. The van der Waals surface area contributed by atoms with Crippen LogP contribution in [0.25, 0.3) is 0 Å². The van der Waals surface area contributed by atoms with Gasteiger partial charge in [-0.15, -0.1) is 11.6 Å². The molecule has 3 atom stereocenters. The summed E-state index contributed by atoms with van der Waals surface area (Å²) in [5, 5.41) is 0.201. The quantitative estimate of drug-likeness (QED) is 0.620. The van der Waals surface area contributed by atoms with Crippen LogP contribution in [0.2, 0.25) is 0 Å². The maximum absolute atomic E-state index is 12.6. The number of hydrogen-bond acceptors (Lipinski definition) is 2. The van der Waals surface area contributed by atoms with E-state index in [1.54, 1.807) is 0 Å². The predicted molar refractivity (Wildman–Crippen MR) is 93.6 cm³/mol. The van der Waals surface area contributed by atoms with Gasteiger partial charge in [-0.3, -0.25) is 4.79 Å². The number of hydrogen-bond donors (Lipinski definition) is 0. The van der Waals surface area contributed by atoms with E-state index in [4.69, 9.17) is 11.6 Å². The molecule has 0 aromatic heterocycles. The number of amides is 1. The molecule has 1 saturated carbocycles. The van der Waals surface area contributed by atoms with Crippen LogP contribution in [0.4, 0.5) is 5.69 Å². The van der Waals surface area contributed by atoms with Gasteiger partial charge in [-0.1, -0.05) is 25.1 Å². The lowest BCUT2D eigenvalue weighted by Crippen LogP contribution is -2.52. The van der Waals surface area contributed by atoms with Crippen molar-refractivity contribution in [2.75, 3.05) is 19.0 Å². The maximum atomic E-state index is 12.6. The fraction of sp³-hybridized carbons (Fsp3) is 0.611. The van der Waals surface area contributed by atoms with Gasteiger partial charge in [0, 0.05) is 23.5 Å². The van der Waals surface area contributed by atoms with Crippen molar-refractivity contribution >= 4 is 23.2 Å². The molecule has 1 aliphatic carbocycles. The predicted octanol–water partition coefficient (Wildman–Crippen LogP) is 3.91. The topological polar surface area (TPSA) is 23.6 Å². The minimum Gasteiger partial charge on any atom is -0.308 e. The van der Waals surface area contributed by atoms with Crippen LogP contribution in [-0.4, -0.2) is 42.4 Å². The number of likely N-dealkylation sites (N-methyl/N-ethyl adjacent to an activating group) is 1. The van der Waals surface area contributed by atoms with Crippen molar-refractivity contribution in [3.63, 3.8) is 0 Å². The highest BCUT2D eigenvalue weighted by atomic mass is 35.5. The maximum Gasteiger partial charge on any atom is 0.227 e. The Hall–Kier alpha value is -1.06. The molecule has 1 aromatic rings. The van der Waals surface area contributed by atoms with Crippen molar-refractivity contribution in [2.24, 2.45) is 0 Å².